The molecule has 2 fully saturated rings. The molecule has 0 aromatic carbocycles. The van der Waals surface area contributed by atoms with E-state index >= 15 is 0 Å². The van der Waals surface area contributed by atoms with E-state index in [1.807, 2.05) is 11.8 Å². The zero-order valence-electron chi connectivity index (χ0n) is 10.5. The van der Waals surface area contributed by atoms with Gasteiger partial charge in [-0.1, -0.05) is 19.3 Å². The van der Waals surface area contributed by atoms with Crippen LogP contribution in [-0.4, -0.2) is 29.5 Å². The number of nitrogens with two attached hydrogens (primary N) is 1. The summed E-state index contributed by atoms with van der Waals surface area (Å²) in [5.41, 5.74) is 6.02. The van der Waals surface area contributed by atoms with Crippen molar-refractivity contribution in [3.8, 4) is 0 Å². The Morgan fingerprint density at radius 3 is 2.65 bits per heavy atom. The lowest BCUT2D eigenvalue weighted by Crippen LogP contribution is -2.45. The lowest BCUT2D eigenvalue weighted by Gasteiger charge is -2.28. The number of hydrogen-bond acceptors (Lipinski definition) is 3. The highest BCUT2D eigenvalue weighted by molar-refractivity contribution is 7.99. The van der Waals surface area contributed by atoms with Crippen LogP contribution in [0.15, 0.2) is 0 Å². The van der Waals surface area contributed by atoms with Crippen LogP contribution in [0.3, 0.4) is 0 Å². The fourth-order valence-corrected chi connectivity index (χ4v) is 4.04. The van der Waals surface area contributed by atoms with Gasteiger partial charge in [-0.2, -0.15) is 11.8 Å². The first-order chi connectivity index (χ1) is 8.27. The van der Waals surface area contributed by atoms with E-state index in [2.05, 4.69) is 5.32 Å². The molecule has 3 unspecified atom stereocenters. The highest BCUT2D eigenvalue weighted by Crippen LogP contribution is 2.25. The maximum absolute atomic E-state index is 12.1. The maximum atomic E-state index is 12.1. The number of carbonyl (C=O) groups excluding carboxylic acids is 1. The predicted molar refractivity (Wildman–Crippen MR) is 73.0 cm³/mol. The van der Waals surface area contributed by atoms with Crippen molar-refractivity contribution < 1.29 is 4.79 Å². The smallest absolute Gasteiger partial charge is 0.224 e. The first-order valence-corrected chi connectivity index (χ1v) is 7.97. The zero-order valence-corrected chi connectivity index (χ0v) is 11.3. The molecule has 17 heavy (non-hydrogen) atoms. The molecule has 1 saturated carbocycles. The summed E-state index contributed by atoms with van der Waals surface area (Å²) in [5, 5.41) is 3.74. The Morgan fingerprint density at radius 2 is 1.94 bits per heavy atom. The van der Waals surface area contributed by atoms with E-state index in [-0.39, 0.29) is 17.9 Å². The molecule has 1 heterocycles. The molecule has 1 amide bonds. The lowest BCUT2D eigenvalue weighted by atomic mass is 9.84. The summed E-state index contributed by atoms with van der Waals surface area (Å²) in [6, 6.07) is 0.0859. The van der Waals surface area contributed by atoms with E-state index in [0.717, 1.165) is 25.8 Å². The molecule has 1 saturated heterocycles. The van der Waals surface area contributed by atoms with Crippen LogP contribution in [0.1, 0.15) is 44.9 Å². The van der Waals surface area contributed by atoms with Gasteiger partial charge in [0.2, 0.25) is 5.91 Å². The van der Waals surface area contributed by atoms with Crippen molar-refractivity contribution >= 4 is 17.7 Å². The van der Waals surface area contributed by atoms with Crippen LogP contribution in [0.25, 0.3) is 0 Å². The largest absolute Gasteiger partial charge is 0.355 e. The van der Waals surface area contributed by atoms with E-state index < -0.39 is 0 Å². The molecular weight excluding hydrogens is 232 g/mol. The van der Waals surface area contributed by atoms with Crippen molar-refractivity contribution in [2.45, 2.75) is 56.2 Å². The van der Waals surface area contributed by atoms with Gasteiger partial charge < -0.3 is 11.1 Å². The highest BCUT2D eigenvalue weighted by atomic mass is 32.2. The SMILES string of the molecule is NC1CCCCC1C(=O)NCC1CCCCS1. The molecule has 98 valence electrons. The molecule has 2 aliphatic rings. The van der Waals surface area contributed by atoms with Gasteiger partial charge in [0.1, 0.15) is 0 Å². The number of hydrogen-bond donors (Lipinski definition) is 2. The molecule has 3 N–H and O–H groups in total. The lowest BCUT2D eigenvalue weighted by molar-refractivity contribution is -0.126. The monoisotopic (exact) mass is 256 g/mol. The Labute approximate surface area is 108 Å². The molecule has 1 aliphatic heterocycles. The molecule has 0 bridgehead atoms. The van der Waals surface area contributed by atoms with Crippen LogP contribution < -0.4 is 11.1 Å². The normalized spacial score (nSPS) is 34.3. The van der Waals surface area contributed by atoms with Gasteiger partial charge in [0.25, 0.3) is 0 Å². The van der Waals surface area contributed by atoms with Crippen molar-refractivity contribution in [2.24, 2.45) is 11.7 Å². The topological polar surface area (TPSA) is 55.1 Å². The minimum absolute atomic E-state index is 0.0670. The third-order valence-electron chi connectivity index (χ3n) is 3.93. The van der Waals surface area contributed by atoms with Crippen molar-refractivity contribution in [1.29, 1.82) is 0 Å². The second-order valence-corrected chi connectivity index (χ2v) is 6.70. The summed E-state index contributed by atoms with van der Waals surface area (Å²) >= 11 is 2.01. The summed E-state index contributed by atoms with van der Waals surface area (Å²) in [7, 11) is 0. The van der Waals surface area contributed by atoms with Gasteiger partial charge in [0.05, 0.1) is 5.92 Å². The van der Waals surface area contributed by atoms with E-state index in [9.17, 15) is 4.79 Å². The second-order valence-electron chi connectivity index (χ2n) is 5.29. The predicted octanol–water partition coefficient (Wildman–Crippen LogP) is 1.91. The summed E-state index contributed by atoms with van der Waals surface area (Å²) in [4.78, 5) is 12.1. The van der Waals surface area contributed by atoms with Crippen LogP contribution in [0.5, 0.6) is 0 Å². The van der Waals surface area contributed by atoms with Crippen LogP contribution in [0, 0.1) is 5.92 Å². The molecule has 3 atom stereocenters. The minimum Gasteiger partial charge on any atom is -0.355 e. The van der Waals surface area contributed by atoms with Crippen LogP contribution in [0.4, 0.5) is 0 Å². The summed E-state index contributed by atoms with van der Waals surface area (Å²) in [6.45, 7) is 0.840. The highest BCUT2D eigenvalue weighted by Gasteiger charge is 2.28. The average molecular weight is 256 g/mol. The Balaban J connectivity index is 1.72. The average Bonchev–Trinajstić information content (AvgIpc) is 2.38. The van der Waals surface area contributed by atoms with Gasteiger partial charge in [0.15, 0.2) is 0 Å². The fourth-order valence-electron chi connectivity index (χ4n) is 2.80. The molecule has 1 aliphatic carbocycles. The molecule has 0 aromatic heterocycles. The van der Waals surface area contributed by atoms with Gasteiger partial charge in [-0.25, -0.2) is 0 Å². The van der Waals surface area contributed by atoms with Crippen molar-refractivity contribution in [3.05, 3.63) is 0 Å². The first kappa shape index (κ1) is 13.2. The van der Waals surface area contributed by atoms with Crippen molar-refractivity contribution in [3.63, 3.8) is 0 Å². The van der Waals surface area contributed by atoms with Crippen LogP contribution >= 0.6 is 11.8 Å². The van der Waals surface area contributed by atoms with E-state index in [0.29, 0.717) is 5.25 Å². The summed E-state index contributed by atoms with van der Waals surface area (Å²) in [6.07, 6.45) is 8.23. The minimum atomic E-state index is 0.0670. The zero-order chi connectivity index (χ0) is 12.1. The quantitative estimate of drug-likeness (QED) is 0.811. The third kappa shape index (κ3) is 3.88. The Morgan fingerprint density at radius 1 is 1.18 bits per heavy atom. The Kier molecular flexibility index (Phi) is 5.16. The van der Waals surface area contributed by atoms with Crippen molar-refractivity contribution in [1.82, 2.24) is 5.32 Å². The summed E-state index contributed by atoms with van der Waals surface area (Å²) in [5.74, 6) is 1.52. The van der Waals surface area contributed by atoms with Gasteiger partial charge in [-0.3, -0.25) is 4.79 Å². The van der Waals surface area contributed by atoms with Gasteiger partial charge in [-0.15, -0.1) is 0 Å². The summed E-state index contributed by atoms with van der Waals surface area (Å²) < 4.78 is 0. The Bertz CT molecular complexity index is 254. The third-order valence-corrected chi connectivity index (χ3v) is 5.33. The van der Waals surface area contributed by atoms with Crippen LogP contribution in [0.2, 0.25) is 0 Å². The second kappa shape index (κ2) is 6.64. The van der Waals surface area contributed by atoms with Crippen molar-refractivity contribution in [2.75, 3.05) is 12.3 Å². The molecule has 2 rings (SSSR count). The number of nitrogens with one attached hydrogen (secondary N) is 1. The van der Waals surface area contributed by atoms with Gasteiger partial charge >= 0.3 is 0 Å². The number of thioether (sulfide) groups is 1. The van der Waals surface area contributed by atoms with E-state index in [4.69, 9.17) is 5.73 Å². The molecule has 0 aromatic rings. The van der Waals surface area contributed by atoms with Gasteiger partial charge in [0, 0.05) is 17.8 Å². The molecule has 4 heteroatoms. The van der Waals surface area contributed by atoms with E-state index in [1.165, 1.54) is 31.4 Å². The first-order valence-electron chi connectivity index (χ1n) is 6.92. The molecule has 3 nitrogen and oxygen atoms in total. The maximum Gasteiger partial charge on any atom is 0.224 e. The Hall–Kier alpha value is -0.220. The number of amides is 1. The molecule has 0 spiro atoms. The molecular formula is C13H24N2OS. The van der Waals surface area contributed by atoms with E-state index in [1.54, 1.807) is 0 Å². The fraction of sp³-hybridized carbons (Fsp3) is 0.923. The van der Waals surface area contributed by atoms with Gasteiger partial charge in [-0.05, 0) is 31.4 Å². The number of carbonyl (C=O) groups is 1. The molecule has 0 radical (unpaired) electrons. The standard InChI is InChI=1S/C13H24N2OS/c14-12-7-2-1-6-11(12)13(16)15-9-10-5-3-4-8-17-10/h10-12H,1-9,14H2,(H,15,16). The number of rotatable bonds is 3. The van der Waals surface area contributed by atoms with Crippen LogP contribution in [-0.2, 0) is 4.79 Å².